The minimum atomic E-state index is -0.600. The van der Waals surface area contributed by atoms with Gasteiger partial charge in [0.05, 0.1) is 0 Å². The summed E-state index contributed by atoms with van der Waals surface area (Å²) in [4.78, 5) is 13.4. The Bertz CT molecular complexity index is 1030. The first-order valence-corrected chi connectivity index (χ1v) is 8.93. The molecule has 1 atom stereocenters. The van der Waals surface area contributed by atoms with Gasteiger partial charge >= 0.3 is 0 Å². The average Bonchev–Trinajstić information content (AvgIpc) is 3.40. The van der Waals surface area contributed by atoms with Crippen molar-refractivity contribution in [2.45, 2.75) is 6.04 Å². The lowest BCUT2D eigenvalue weighted by Crippen LogP contribution is -2.21. The van der Waals surface area contributed by atoms with E-state index < -0.39 is 6.04 Å². The second-order valence-corrected chi connectivity index (χ2v) is 6.49. The SMILES string of the molecule is O=C(c1ccc2c(c1)OCO2)[C@@H](Nc1ccccc1)c1ccc2c(c1)OCO2. The van der Waals surface area contributed by atoms with Gasteiger partial charge in [0.1, 0.15) is 6.04 Å². The molecule has 28 heavy (non-hydrogen) atoms. The minimum Gasteiger partial charge on any atom is -0.454 e. The van der Waals surface area contributed by atoms with Crippen LogP contribution in [-0.2, 0) is 0 Å². The van der Waals surface area contributed by atoms with E-state index in [2.05, 4.69) is 5.32 Å². The van der Waals surface area contributed by atoms with Crippen LogP contribution in [0.4, 0.5) is 5.69 Å². The summed E-state index contributed by atoms with van der Waals surface area (Å²) in [6, 6.07) is 19.8. The number of fused-ring (bicyclic) bond motifs is 2. The van der Waals surface area contributed by atoms with E-state index >= 15 is 0 Å². The largest absolute Gasteiger partial charge is 0.454 e. The molecule has 0 saturated heterocycles. The average molecular weight is 375 g/mol. The lowest BCUT2D eigenvalue weighted by atomic mass is 9.96. The van der Waals surface area contributed by atoms with Crippen molar-refractivity contribution >= 4 is 11.5 Å². The first-order chi connectivity index (χ1) is 13.8. The van der Waals surface area contributed by atoms with Crippen LogP contribution in [0.25, 0.3) is 0 Å². The quantitative estimate of drug-likeness (QED) is 0.675. The maximum Gasteiger partial charge on any atom is 0.231 e. The Hall–Kier alpha value is -3.67. The van der Waals surface area contributed by atoms with E-state index in [-0.39, 0.29) is 19.4 Å². The molecule has 2 aliphatic heterocycles. The highest BCUT2D eigenvalue weighted by atomic mass is 16.7. The predicted molar refractivity (Wildman–Crippen MR) is 102 cm³/mol. The van der Waals surface area contributed by atoms with E-state index in [1.807, 2.05) is 48.5 Å². The Morgan fingerprint density at radius 1 is 0.750 bits per heavy atom. The van der Waals surface area contributed by atoms with Crippen molar-refractivity contribution in [3.63, 3.8) is 0 Å². The Labute approximate surface area is 161 Å². The Morgan fingerprint density at radius 3 is 2.14 bits per heavy atom. The molecule has 0 aromatic heterocycles. The van der Waals surface area contributed by atoms with Gasteiger partial charge in [-0.2, -0.15) is 0 Å². The molecule has 0 saturated carbocycles. The van der Waals surface area contributed by atoms with Crippen molar-refractivity contribution in [1.82, 2.24) is 0 Å². The summed E-state index contributed by atoms with van der Waals surface area (Å²) in [5.41, 5.74) is 2.17. The summed E-state index contributed by atoms with van der Waals surface area (Å²) in [6.07, 6.45) is 0. The number of rotatable bonds is 5. The third kappa shape index (κ3) is 2.99. The van der Waals surface area contributed by atoms with Gasteiger partial charge in [0.15, 0.2) is 28.8 Å². The van der Waals surface area contributed by atoms with E-state index in [0.29, 0.717) is 28.6 Å². The molecule has 0 bridgehead atoms. The van der Waals surface area contributed by atoms with Gasteiger partial charge in [-0.05, 0) is 48.0 Å². The van der Waals surface area contributed by atoms with Crippen molar-refractivity contribution in [2.24, 2.45) is 0 Å². The number of carbonyl (C=O) groups excluding carboxylic acids is 1. The van der Waals surface area contributed by atoms with Crippen LogP contribution >= 0.6 is 0 Å². The fourth-order valence-electron chi connectivity index (χ4n) is 3.31. The van der Waals surface area contributed by atoms with Gasteiger partial charge in [0.25, 0.3) is 0 Å². The van der Waals surface area contributed by atoms with Crippen LogP contribution in [0.15, 0.2) is 66.7 Å². The number of Topliss-reactive ketones (excluding diaryl/α,β-unsaturated/α-hetero) is 1. The Balaban J connectivity index is 1.52. The normalized spacial score (nSPS) is 14.6. The summed E-state index contributed by atoms with van der Waals surface area (Å²) in [6.45, 7) is 0.354. The molecule has 0 radical (unpaired) electrons. The van der Waals surface area contributed by atoms with Gasteiger partial charge in [0, 0.05) is 11.3 Å². The number of hydrogen-bond acceptors (Lipinski definition) is 6. The van der Waals surface area contributed by atoms with Crippen molar-refractivity contribution in [3.8, 4) is 23.0 Å². The smallest absolute Gasteiger partial charge is 0.231 e. The maximum absolute atomic E-state index is 13.4. The lowest BCUT2D eigenvalue weighted by Gasteiger charge is -2.20. The first-order valence-electron chi connectivity index (χ1n) is 8.93. The fraction of sp³-hybridized carbons (Fsp3) is 0.136. The van der Waals surface area contributed by atoms with E-state index in [1.165, 1.54) is 0 Å². The number of ketones is 1. The summed E-state index contributed by atoms with van der Waals surface area (Å²) in [7, 11) is 0. The van der Waals surface area contributed by atoms with Crippen LogP contribution in [0, 0.1) is 0 Å². The highest BCUT2D eigenvalue weighted by molar-refractivity contribution is 6.02. The molecule has 0 amide bonds. The molecule has 3 aromatic rings. The second-order valence-electron chi connectivity index (χ2n) is 6.49. The zero-order chi connectivity index (χ0) is 18.9. The molecular formula is C22H17NO5. The Kier molecular flexibility index (Phi) is 4.01. The number of nitrogens with one attached hydrogen (secondary N) is 1. The highest BCUT2D eigenvalue weighted by Crippen LogP contribution is 2.37. The van der Waals surface area contributed by atoms with Crippen LogP contribution in [0.5, 0.6) is 23.0 Å². The van der Waals surface area contributed by atoms with Crippen molar-refractivity contribution in [1.29, 1.82) is 0 Å². The minimum absolute atomic E-state index is 0.0824. The third-order valence-corrected chi connectivity index (χ3v) is 4.73. The topological polar surface area (TPSA) is 66.0 Å². The summed E-state index contributed by atoms with van der Waals surface area (Å²) < 4.78 is 21.6. The molecule has 2 heterocycles. The van der Waals surface area contributed by atoms with E-state index in [1.54, 1.807) is 18.2 Å². The number of hydrogen-bond donors (Lipinski definition) is 1. The maximum atomic E-state index is 13.4. The first kappa shape index (κ1) is 16.5. The van der Waals surface area contributed by atoms with Crippen molar-refractivity contribution in [2.75, 3.05) is 18.9 Å². The molecule has 0 fully saturated rings. The second kappa shape index (κ2) is 6.81. The number of carbonyl (C=O) groups is 1. The highest BCUT2D eigenvalue weighted by Gasteiger charge is 2.26. The molecule has 0 unspecified atom stereocenters. The molecule has 3 aromatic carbocycles. The van der Waals surface area contributed by atoms with Gasteiger partial charge in [-0.1, -0.05) is 24.3 Å². The third-order valence-electron chi connectivity index (χ3n) is 4.73. The molecule has 5 rings (SSSR count). The van der Waals surface area contributed by atoms with Gasteiger partial charge in [-0.3, -0.25) is 4.79 Å². The molecule has 6 nitrogen and oxygen atoms in total. The van der Waals surface area contributed by atoms with Gasteiger partial charge in [0.2, 0.25) is 13.6 Å². The molecular weight excluding hydrogens is 358 g/mol. The van der Waals surface area contributed by atoms with Crippen LogP contribution in [0.2, 0.25) is 0 Å². The zero-order valence-electron chi connectivity index (χ0n) is 14.9. The number of para-hydroxylation sites is 1. The molecule has 0 spiro atoms. The van der Waals surface area contributed by atoms with Crippen LogP contribution < -0.4 is 24.3 Å². The monoisotopic (exact) mass is 375 g/mol. The Morgan fingerprint density at radius 2 is 1.39 bits per heavy atom. The zero-order valence-corrected chi connectivity index (χ0v) is 14.9. The van der Waals surface area contributed by atoms with Crippen LogP contribution in [0.3, 0.4) is 0 Å². The van der Waals surface area contributed by atoms with Gasteiger partial charge in [-0.15, -0.1) is 0 Å². The standard InChI is InChI=1S/C22H17NO5/c24-22(15-7-9-18-20(11-15)28-13-26-18)21(23-16-4-2-1-3-5-16)14-6-8-17-19(10-14)27-12-25-17/h1-11,21,23H,12-13H2/t21-/m0/s1. The molecule has 1 N–H and O–H groups in total. The summed E-state index contributed by atoms with van der Waals surface area (Å²) in [5, 5.41) is 3.33. The predicted octanol–water partition coefficient (Wildman–Crippen LogP) is 4.18. The number of benzene rings is 3. The van der Waals surface area contributed by atoms with Crippen molar-refractivity contribution in [3.05, 3.63) is 77.9 Å². The number of anilines is 1. The van der Waals surface area contributed by atoms with Crippen LogP contribution in [0.1, 0.15) is 22.0 Å². The van der Waals surface area contributed by atoms with Crippen LogP contribution in [-0.4, -0.2) is 19.4 Å². The van der Waals surface area contributed by atoms with E-state index in [0.717, 1.165) is 11.3 Å². The summed E-state index contributed by atoms with van der Waals surface area (Å²) >= 11 is 0. The molecule has 6 heteroatoms. The summed E-state index contributed by atoms with van der Waals surface area (Å²) in [5.74, 6) is 2.46. The molecule has 2 aliphatic rings. The number of ether oxygens (including phenoxy) is 4. The lowest BCUT2D eigenvalue weighted by molar-refractivity contribution is 0.0969. The van der Waals surface area contributed by atoms with E-state index in [9.17, 15) is 4.79 Å². The van der Waals surface area contributed by atoms with Gasteiger partial charge < -0.3 is 24.3 Å². The van der Waals surface area contributed by atoms with E-state index in [4.69, 9.17) is 18.9 Å². The van der Waals surface area contributed by atoms with Crippen molar-refractivity contribution < 1.29 is 23.7 Å². The fourth-order valence-corrected chi connectivity index (χ4v) is 3.31. The molecule has 0 aliphatic carbocycles. The van der Waals surface area contributed by atoms with Gasteiger partial charge in [-0.25, -0.2) is 0 Å². The molecule has 140 valence electrons.